The minimum Gasteiger partial charge on any atom is -0.372 e. The van der Waals surface area contributed by atoms with E-state index in [0.29, 0.717) is 6.04 Å². The van der Waals surface area contributed by atoms with E-state index in [-0.39, 0.29) is 0 Å². The molecule has 0 aliphatic heterocycles. The molecule has 1 aromatic rings. The van der Waals surface area contributed by atoms with Crippen LogP contribution in [0.3, 0.4) is 0 Å². The molecule has 3 heteroatoms. The van der Waals surface area contributed by atoms with Gasteiger partial charge in [-0.1, -0.05) is 13.8 Å². The van der Waals surface area contributed by atoms with Crippen molar-refractivity contribution in [3.05, 3.63) is 24.0 Å². The molecule has 0 aromatic carbocycles. The molecule has 1 rings (SSSR count). The number of hydrogen-bond acceptors (Lipinski definition) is 3. The molecule has 1 atom stereocenters. The van der Waals surface area contributed by atoms with Gasteiger partial charge >= 0.3 is 0 Å². The lowest BCUT2D eigenvalue weighted by Gasteiger charge is -2.26. The molecular formula is C13H23N3. The zero-order valence-electron chi connectivity index (χ0n) is 10.8. The second kappa shape index (κ2) is 6.48. The number of nitrogens with one attached hydrogen (secondary N) is 1. The van der Waals surface area contributed by atoms with Crippen LogP contribution in [-0.2, 0) is 6.54 Å². The molecule has 0 fully saturated rings. The quantitative estimate of drug-likeness (QED) is 0.799. The first-order chi connectivity index (χ1) is 7.69. The topological polar surface area (TPSA) is 28.2 Å². The maximum absolute atomic E-state index is 4.36. The molecule has 0 radical (unpaired) electrons. The van der Waals surface area contributed by atoms with Gasteiger partial charge in [-0.3, -0.25) is 4.98 Å². The number of hydrogen-bond donors (Lipinski definition) is 1. The minimum absolute atomic E-state index is 0.564. The number of anilines is 1. The van der Waals surface area contributed by atoms with Crippen LogP contribution in [0.25, 0.3) is 0 Å². The molecule has 0 amide bonds. The summed E-state index contributed by atoms with van der Waals surface area (Å²) in [4.78, 5) is 6.66. The Bertz CT molecular complexity index is 312. The van der Waals surface area contributed by atoms with Crippen molar-refractivity contribution < 1.29 is 0 Å². The van der Waals surface area contributed by atoms with Gasteiger partial charge in [0.25, 0.3) is 0 Å². The van der Waals surface area contributed by atoms with Gasteiger partial charge in [0.15, 0.2) is 0 Å². The third-order valence-electron chi connectivity index (χ3n) is 3.02. The molecule has 16 heavy (non-hydrogen) atoms. The van der Waals surface area contributed by atoms with Crippen molar-refractivity contribution in [3.63, 3.8) is 0 Å². The number of pyridine rings is 1. The highest BCUT2D eigenvalue weighted by atomic mass is 15.1. The monoisotopic (exact) mass is 221 g/mol. The van der Waals surface area contributed by atoms with Crippen LogP contribution in [0, 0.1) is 0 Å². The van der Waals surface area contributed by atoms with E-state index in [2.05, 4.69) is 55.2 Å². The molecule has 0 aliphatic carbocycles. The minimum atomic E-state index is 0.564. The van der Waals surface area contributed by atoms with Crippen molar-refractivity contribution in [1.82, 2.24) is 10.3 Å². The van der Waals surface area contributed by atoms with E-state index in [4.69, 9.17) is 0 Å². The Morgan fingerprint density at radius 3 is 2.81 bits per heavy atom. The van der Waals surface area contributed by atoms with Crippen LogP contribution in [0.2, 0.25) is 0 Å². The van der Waals surface area contributed by atoms with Gasteiger partial charge in [-0.2, -0.15) is 0 Å². The van der Waals surface area contributed by atoms with Crippen molar-refractivity contribution in [2.24, 2.45) is 0 Å². The first-order valence-electron chi connectivity index (χ1n) is 6.07. The van der Waals surface area contributed by atoms with Crippen LogP contribution >= 0.6 is 0 Å². The summed E-state index contributed by atoms with van der Waals surface area (Å²) in [6.45, 7) is 8.38. The van der Waals surface area contributed by atoms with Gasteiger partial charge in [-0.15, -0.1) is 0 Å². The first-order valence-corrected chi connectivity index (χ1v) is 6.07. The smallest absolute Gasteiger partial charge is 0.0562 e. The lowest BCUT2D eigenvalue weighted by Crippen LogP contribution is -2.28. The summed E-state index contributed by atoms with van der Waals surface area (Å²) in [5.41, 5.74) is 2.35. The number of rotatable bonds is 6. The van der Waals surface area contributed by atoms with E-state index < -0.39 is 0 Å². The average molecular weight is 221 g/mol. The van der Waals surface area contributed by atoms with E-state index >= 15 is 0 Å². The normalized spacial score (nSPS) is 12.5. The number of aromatic nitrogens is 1. The van der Waals surface area contributed by atoms with E-state index in [1.54, 1.807) is 0 Å². The van der Waals surface area contributed by atoms with Crippen LogP contribution in [0.4, 0.5) is 5.69 Å². The van der Waals surface area contributed by atoms with Crippen LogP contribution in [-0.4, -0.2) is 24.6 Å². The van der Waals surface area contributed by atoms with Crippen molar-refractivity contribution >= 4 is 5.69 Å². The van der Waals surface area contributed by atoms with E-state index in [1.165, 1.54) is 5.69 Å². The SMILES string of the molecule is CCNCc1cc(N(C)C(C)CC)ccn1. The van der Waals surface area contributed by atoms with Crippen molar-refractivity contribution in [2.45, 2.75) is 39.8 Å². The van der Waals surface area contributed by atoms with Crippen LogP contribution in [0.5, 0.6) is 0 Å². The Morgan fingerprint density at radius 2 is 2.19 bits per heavy atom. The Labute approximate surface area is 98.9 Å². The summed E-state index contributed by atoms with van der Waals surface area (Å²) < 4.78 is 0. The summed E-state index contributed by atoms with van der Waals surface area (Å²) >= 11 is 0. The molecule has 0 saturated carbocycles. The van der Waals surface area contributed by atoms with Gasteiger partial charge in [-0.25, -0.2) is 0 Å². The molecule has 0 saturated heterocycles. The van der Waals surface area contributed by atoms with Gasteiger partial charge in [0, 0.05) is 31.5 Å². The summed E-state index contributed by atoms with van der Waals surface area (Å²) in [6, 6.07) is 4.80. The van der Waals surface area contributed by atoms with E-state index in [0.717, 1.165) is 25.2 Å². The average Bonchev–Trinajstić information content (AvgIpc) is 2.34. The van der Waals surface area contributed by atoms with Crippen molar-refractivity contribution in [2.75, 3.05) is 18.5 Å². The summed E-state index contributed by atoms with van der Waals surface area (Å²) in [6.07, 6.45) is 3.04. The van der Waals surface area contributed by atoms with Gasteiger partial charge in [-0.05, 0) is 32.0 Å². The lowest BCUT2D eigenvalue weighted by molar-refractivity contribution is 0.661. The van der Waals surface area contributed by atoms with Gasteiger partial charge in [0.2, 0.25) is 0 Å². The summed E-state index contributed by atoms with van der Waals surface area (Å²) in [5.74, 6) is 0. The van der Waals surface area contributed by atoms with Crippen molar-refractivity contribution in [3.8, 4) is 0 Å². The van der Waals surface area contributed by atoms with Gasteiger partial charge < -0.3 is 10.2 Å². The van der Waals surface area contributed by atoms with Crippen molar-refractivity contribution in [1.29, 1.82) is 0 Å². The maximum atomic E-state index is 4.36. The second-order valence-corrected chi connectivity index (χ2v) is 4.15. The molecular weight excluding hydrogens is 198 g/mol. The highest BCUT2D eigenvalue weighted by molar-refractivity contribution is 5.46. The molecule has 0 bridgehead atoms. The van der Waals surface area contributed by atoms with E-state index in [1.807, 2.05) is 6.20 Å². The third-order valence-corrected chi connectivity index (χ3v) is 3.02. The Balaban J connectivity index is 2.73. The predicted octanol–water partition coefficient (Wildman–Crippen LogP) is 2.43. The second-order valence-electron chi connectivity index (χ2n) is 4.15. The standard InChI is InChI=1S/C13H23N3/c1-5-11(3)16(4)13-7-8-15-12(9-13)10-14-6-2/h7-9,11,14H,5-6,10H2,1-4H3. The predicted molar refractivity (Wildman–Crippen MR) is 69.8 cm³/mol. The zero-order valence-corrected chi connectivity index (χ0v) is 10.8. The zero-order chi connectivity index (χ0) is 12.0. The Hall–Kier alpha value is -1.09. The highest BCUT2D eigenvalue weighted by Crippen LogP contribution is 2.16. The van der Waals surface area contributed by atoms with Crippen LogP contribution < -0.4 is 10.2 Å². The van der Waals surface area contributed by atoms with Gasteiger partial charge in [0.05, 0.1) is 5.69 Å². The Kier molecular flexibility index (Phi) is 5.26. The van der Waals surface area contributed by atoms with Crippen LogP contribution in [0.15, 0.2) is 18.3 Å². The molecule has 1 N–H and O–H groups in total. The Morgan fingerprint density at radius 1 is 1.44 bits per heavy atom. The first kappa shape index (κ1) is 13.0. The fourth-order valence-electron chi connectivity index (χ4n) is 1.56. The fraction of sp³-hybridized carbons (Fsp3) is 0.615. The maximum Gasteiger partial charge on any atom is 0.0562 e. The summed E-state index contributed by atoms with van der Waals surface area (Å²) in [5, 5.41) is 3.29. The van der Waals surface area contributed by atoms with Gasteiger partial charge in [0.1, 0.15) is 0 Å². The van der Waals surface area contributed by atoms with Crippen LogP contribution in [0.1, 0.15) is 32.9 Å². The third kappa shape index (κ3) is 3.49. The fourth-order valence-corrected chi connectivity index (χ4v) is 1.56. The lowest BCUT2D eigenvalue weighted by atomic mass is 10.2. The van der Waals surface area contributed by atoms with E-state index in [9.17, 15) is 0 Å². The number of nitrogens with zero attached hydrogens (tertiary/aromatic N) is 2. The molecule has 1 unspecified atom stereocenters. The summed E-state index contributed by atoms with van der Waals surface area (Å²) in [7, 11) is 2.14. The molecule has 0 spiro atoms. The molecule has 0 aliphatic rings. The highest BCUT2D eigenvalue weighted by Gasteiger charge is 2.08. The molecule has 90 valence electrons. The molecule has 1 aromatic heterocycles. The molecule has 3 nitrogen and oxygen atoms in total. The largest absolute Gasteiger partial charge is 0.372 e. The molecule has 1 heterocycles.